The Morgan fingerprint density at radius 2 is 1.78 bits per heavy atom. The number of hydrogen-bond acceptors (Lipinski definition) is 4. The van der Waals surface area contributed by atoms with Crippen LogP contribution in [0.3, 0.4) is 0 Å². The average Bonchev–Trinajstić information content (AvgIpc) is 2.25. The molecule has 0 aliphatic carbocycles. The molecule has 0 aromatic rings. The standard InChI is InChI=1S/C14H30N2O2/c1-13(2)18-14(17)9-6-5-7-10-15-11-8-12-16(3)4/h13,15H,5-12H2,1-4H3. The van der Waals surface area contributed by atoms with Crippen LogP contribution in [0, 0.1) is 0 Å². The van der Waals surface area contributed by atoms with E-state index in [-0.39, 0.29) is 12.1 Å². The number of nitrogens with one attached hydrogen (secondary N) is 1. The summed E-state index contributed by atoms with van der Waals surface area (Å²) in [6.07, 6.45) is 4.92. The van der Waals surface area contributed by atoms with Gasteiger partial charge in [-0.2, -0.15) is 0 Å². The average molecular weight is 258 g/mol. The van der Waals surface area contributed by atoms with Gasteiger partial charge in [0.15, 0.2) is 0 Å². The predicted octanol–water partition coefficient (Wildman–Crippen LogP) is 2.04. The van der Waals surface area contributed by atoms with E-state index < -0.39 is 0 Å². The summed E-state index contributed by atoms with van der Waals surface area (Å²) in [6, 6.07) is 0. The maximum absolute atomic E-state index is 11.2. The highest BCUT2D eigenvalue weighted by Gasteiger charge is 2.04. The van der Waals surface area contributed by atoms with Crippen LogP contribution in [-0.2, 0) is 9.53 Å². The van der Waals surface area contributed by atoms with Gasteiger partial charge in [-0.15, -0.1) is 0 Å². The second-order valence-electron chi connectivity index (χ2n) is 5.26. The highest BCUT2D eigenvalue weighted by Crippen LogP contribution is 2.02. The van der Waals surface area contributed by atoms with Crippen molar-refractivity contribution in [3.63, 3.8) is 0 Å². The third-order valence-corrected chi connectivity index (χ3v) is 2.56. The van der Waals surface area contributed by atoms with Crippen LogP contribution in [0.25, 0.3) is 0 Å². The van der Waals surface area contributed by atoms with E-state index in [1.54, 1.807) is 0 Å². The first-order chi connectivity index (χ1) is 8.52. The molecule has 4 heteroatoms. The zero-order valence-corrected chi connectivity index (χ0v) is 12.5. The Hall–Kier alpha value is -0.610. The van der Waals surface area contributed by atoms with E-state index in [1.165, 1.54) is 6.42 Å². The summed E-state index contributed by atoms with van der Waals surface area (Å²) in [5.41, 5.74) is 0. The van der Waals surface area contributed by atoms with Crippen molar-refractivity contribution in [1.29, 1.82) is 0 Å². The van der Waals surface area contributed by atoms with Crippen LogP contribution in [0.2, 0.25) is 0 Å². The molecule has 0 aliphatic heterocycles. The molecule has 0 atom stereocenters. The SMILES string of the molecule is CC(C)OC(=O)CCCCCNCCCN(C)C. The van der Waals surface area contributed by atoms with E-state index >= 15 is 0 Å². The zero-order valence-electron chi connectivity index (χ0n) is 12.5. The fraction of sp³-hybridized carbons (Fsp3) is 0.929. The van der Waals surface area contributed by atoms with Crippen LogP contribution in [0.4, 0.5) is 0 Å². The first-order valence-corrected chi connectivity index (χ1v) is 7.07. The van der Waals surface area contributed by atoms with Crippen molar-refractivity contribution in [3.8, 4) is 0 Å². The number of carbonyl (C=O) groups is 1. The maximum atomic E-state index is 11.2. The second kappa shape index (κ2) is 11.5. The van der Waals surface area contributed by atoms with Gasteiger partial charge < -0.3 is 15.0 Å². The van der Waals surface area contributed by atoms with Gasteiger partial charge >= 0.3 is 5.97 Å². The van der Waals surface area contributed by atoms with Gasteiger partial charge in [-0.05, 0) is 66.8 Å². The zero-order chi connectivity index (χ0) is 13.8. The topological polar surface area (TPSA) is 41.6 Å². The summed E-state index contributed by atoms with van der Waals surface area (Å²) in [5, 5.41) is 3.42. The van der Waals surface area contributed by atoms with Crippen molar-refractivity contribution < 1.29 is 9.53 Å². The van der Waals surface area contributed by atoms with E-state index in [2.05, 4.69) is 24.3 Å². The molecule has 0 amide bonds. The van der Waals surface area contributed by atoms with Crippen molar-refractivity contribution in [2.24, 2.45) is 0 Å². The van der Waals surface area contributed by atoms with Gasteiger partial charge in [0, 0.05) is 6.42 Å². The second-order valence-corrected chi connectivity index (χ2v) is 5.26. The monoisotopic (exact) mass is 258 g/mol. The van der Waals surface area contributed by atoms with Crippen LogP contribution in [0.5, 0.6) is 0 Å². The lowest BCUT2D eigenvalue weighted by Crippen LogP contribution is -2.22. The van der Waals surface area contributed by atoms with Crippen LogP contribution >= 0.6 is 0 Å². The number of ether oxygens (including phenoxy) is 1. The summed E-state index contributed by atoms with van der Waals surface area (Å²) >= 11 is 0. The first kappa shape index (κ1) is 17.4. The minimum atomic E-state index is -0.0658. The van der Waals surface area contributed by atoms with Gasteiger partial charge in [0.05, 0.1) is 6.10 Å². The molecule has 4 nitrogen and oxygen atoms in total. The molecular weight excluding hydrogens is 228 g/mol. The maximum Gasteiger partial charge on any atom is 0.306 e. The minimum Gasteiger partial charge on any atom is -0.463 e. The van der Waals surface area contributed by atoms with Crippen molar-refractivity contribution >= 4 is 5.97 Å². The number of nitrogens with zero attached hydrogens (tertiary/aromatic N) is 1. The smallest absolute Gasteiger partial charge is 0.306 e. The molecule has 0 fully saturated rings. The van der Waals surface area contributed by atoms with E-state index in [0.717, 1.165) is 38.9 Å². The Morgan fingerprint density at radius 1 is 1.11 bits per heavy atom. The van der Waals surface area contributed by atoms with Crippen molar-refractivity contribution in [2.75, 3.05) is 33.7 Å². The fourth-order valence-electron chi connectivity index (χ4n) is 1.66. The third-order valence-electron chi connectivity index (χ3n) is 2.56. The van der Waals surface area contributed by atoms with Crippen LogP contribution < -0.4 is 5.32 Å². The summed E-state index contributed by atoms with van der Waals surface area (Å²) in [4.78, 5) is 13.4. The molecule has 0 spiro atoms. The van der Waals surface area contributed by atoms with Gasteiger partial charge in [0.1, 0.15) is 0 Å². The normalized spacial score (nSPS) is 11.2. The van der Waals surface area contributed by atoms with Crippen molar-refractivity contribution in [1.82, 2.24) is 10.2 Å². The molecule has 0 aromatic carbocycles. The largest absolute Gasteiger partial charge is 0.463 e. The lowest BCUT2D eigenvalue weighted by Gasteiger charge is -2.10. The van der Waals surface area contributed by atoms with Gasteiger partial charge in [0.2, 0.25) is 0 Å². The highest BCUT2D eigenvalue weighted by molar-refractivity contribution is 5.69. The number of rotatable bonds is 11. The molecule has 0 aliphatic rings. The summed E-state index contributed by atoms with van der Waals surface area (Å²) < 4.78 is 5.07. The van der Waals surface area contributed by atoms with E-state index in [4.69, 9.17) is 4.74 Å². The Labute approximate surface area is 112 Å². The molecule has 0 bridgehead atoms. The van der Waals surface area contributed by atoms with Crippen LogP contribution in [0.15, 0.2) is 0 Å². The van der Waals surface area contributed by atoms with Crippen LogP contribution in [0.1, 0.15) is 46.0 Å². The Morgan fingerprint density at radius 3 is 2.39 bits per heavy atom. The quantitative estimate of drug-likeness (QED) is 0.455. The number of esters is 1. The molecule has 108 valence electrons. The molecule has 0 radical (unpaired) electrons. The molecule has 0 saturated heterocycles. The lowest BCUT2D eigenvalue weighted by molar-refractivity contribution is -0.147. The summed E-state index contributed by atoms with van der Waals surface area (Å²) in [7, 11) is 4.19. The Balaban J connectivity index is 3.14. The van der Waals surface area contributed by atoms with E-state index in [9.17, 15) is 4.79 Å². The minimum absolute atomic E-state index is 0.0101. The number of carbonyl (C=O) groups excluding carboxylic acids is 1. The molecule has 0 heterocycles. The molecule has 0 saturated carbocycles. The lowest BCUT2D eigenvalue weighted by atomic mass is 10.2. The molecule has 0 unspecified atom stereocenters. The van der Waals surface area contributed by atoms with Crippen molar-refractivity contribution in [3.05, 3.63) is 0 Å². The molecular formula is C14H30N2O2. The number of unbranched alkanes of at least 4 members (excludes halogenated alkanes) is 2. The predicted molar refractivity (Wildman–Crippen MR) is 75.7 cm³/mol. The van der Waals surface area contributed by atoms with E-state index in [0.29, 0.717) is 6.42 Å². The van der Waals surface area contributed by atoms with Crippen LogP contribution in [-0.4, -0.2) is 50.7 Å². The summed E-state index contributed by atoms with van der Waals surface area (Å²) in [6.45, 7) is 7.03. The Bertz CT molecular complexity index is 206. The third kappa shape index (κ3) is 13.5. The molecule has 0 rings (SSSR count). The molecule has 0 aromatic heterocycles. The van der Waals surface area contributed by atoms with Gasteiger partial charge in [-0.1, -0.05) is 6.42 Å². The Kier molecular flexibility index (Phi) is 11.1. The summed E-state index contributed by atoms with van der Waals surface area (Å²) in [5.74, 6) is -0.0658. The van der Waals surface area contributed by atoms with Gasteiger partial charge in [-0.25, -0.2) is 0 Å². The molecule has 1 N–H and O–H groups in total. The first-order valence-electron chi connectivity index (χ1n) is 7.07. The van der Waals surface area contributed by atoms with E-state index in [1.807, 2.05) is 13.8 Å². The fourth-order valence-corrected chi connectivity index (χ4v) is 1.66. The highest BCUT2D eigenvalue weighted by atomic mass is 16.5. The van der Waals surface area contributed by atoms with Gasteiger partial charge in [-0.3, -0.25) is 4.79 Å². The number of hydrogen-bond donors (Lipinski definition) is 1. The molecule has 18 heavy (non-hydrogen) atoms. The van der Waals surface area contributed by atoms with Gasteiger partial charge in [0.25, 0.3) is 0 Å². The van der Waals surface area contributed by atoms with Crippen molar-refractivity contribution in [2.45, 2.75) is 52.1 Å².